The molecule has 5 nitrogen and oxygen atoms in total. The highest BCUT2D eigenvalue weighted by molar-refractivity contribution is 7.98. The summed E-state index contributed by atoms with van der Waals surface area (Å²) in [5.41, 5.74) is 1.88. The van der Waals surface area contributed by atoms with Gasteiger partial charge in [-0.3, -0.25) is 9.55 Å². The minimum atomic E-state index is 0.636. The van der Waals surface area contributed by atoms with Gasteiger partial charge in [0.05, 0.1) is 10.9 Å². The molecule has 28 heavy (non-hydrogen) atoms. The van der Waals surface area contributed by atoms with E-state index in [1.807, 2.05) is 60.0 Å². The quantitative estimate of drug-likeness (QED) is 0.351. The summed E-state index contributed by atoms with van der Waals surface area (Å²) in [5.74, 6) is 2.37. The number of thioether (sulfide) groups is 1. The van der Waals surface area contributed by atoms with Gasteiger partial charge in [-0.05, 0) is 55.5 Å². The number of hydrogen-bond donors (Lipinski definition) is 0. The van der Waals surface area contributed by atoms with Crippen molar-refractivity contribution in [2.45, 2.75) is 17.8 Å². The van der Waals surface area contributed by atoms with Crippen LogP contribution in [0.3, 0.4) is 0 Å². The predicted molar refractivity (Wildman–Crippen MR) is 115 cm³/mol. The van der Waals surface area contributed by atoms with Crippen LogP contribution in [0, 0.1) is 0 Å². The summed E-state index contributed by atoms with van der Waals surface area (Å²) in [4.78, 5) is 5.41. The van der Waals surface area contributed by atoms with E-state index in [1.165, 1.54) is 4.88 Å². The van der Waals surface area contributed by atoms with Crippen LogP contribution in [0.1, 0.15) is 11.8 Å². The van der Waals surface area contributed by atoms with Crippen LogP contribution in [0.25, 0.3) is 17.1 Å². The largest absolute Gasteiger partial charge is 0.494 e. The zero-order valence-corrected chi connectivity index (χ0v) is 17.5. The number of rotatable bonds is 7. The van der Waals surface area contributed by atoms with E-state index in [9.17, 15) is 0 Å². The van der Waals surface area contributed by atoms with Gasteiger partial charge in [-0.15, -0.1) is 21.5 Å². The fourth-order valence-electron chi connectivity index (χ4n) is 2.70. The second-order valence-corrected chi connectivity index (χ2v) is 8.55. The van der Waals surface area contributed by atoms with Crippen molar-refractivity contribution in [1.82, 2.24) is 19.7 Å². The van der Waals surface area contributed by atoms with Gasteiger partial charge in [0.25, 0.3) is 0 Å². The molecule has 0 unspecified atom stereocenters. The Morgan fingerprint density at radius 2 is 1.96 bits per heavy atom. The van der Waals surface area contributed by atoms with Crippen LogP contribution >= 0.6 is 34.7 Å². The Morgan fingerprint density at radius 3 is 2.64 bits per heavy atom. The molecule has 0 saturated carbocycles. The molecule has 0 aliphatic rings. The fraction of sp³-hybridized carbons (Fsp3) is 0.150. The summed E-state index contributed by atoms with van der Waals surface area (Å²) in [6.45, 7) is 2.61. The Kier molecular flexibility index (Phi) is 5.95. The van der Waals surface area contributed by atoms with E-state index in [0.717, 1.165) is 38.1 Å². The van der Waals surface area contributed by atoms with Crippen molar-refractivity contribution < 1.29 is 4.74 Å². The maximum Gasteiger partial charge on any atom is 0.196 e. The van der Waals surface area contributed by atoms with Crippen molar-refractivity contribution in [2.24, 2.45) is 0 Å². The molecule has 4 rings (SSSR count). The maximum absolute atomic E-state index is 6.05. The van der Waals surface area contributed by atoms with Gasteiger partial charge in [0.1, 0.15) is 5.75 Å². The minimum Gasteiger partial charge on any atom is -0.494 e. The van der Waals surface area contributed by atoms with Crippen molar-refractivity contribution in [3.05, 3.63) is 70.1 Å². The number of thiophene rings is 1. The van der Waals surface area contributed by atoms with Crippen LogP contribution in [0.5, 0.6) is 5.75 Å². The molecular weight excluding hydrogens is 412 g/mol. The van der Waals surface area contributed by atoms with E-state index < -0.39 is 0 Å². The number of nitrogens with zero attached hydrogens (tertiary/aromatic N) is 4. The molecule has 0 N–H and O–H groups in total. The Balaban J connectivity index is 1.70. The molecule has 0 aliphatic carbocycles. The average molecular weight is 429 g/mol. The second-order valence-electron chi connectivity index (χ2n) is 5.80. The van der Waals surface area contributed by atoms with Crippen LogP contribution in [0.2, 0.25) is 4.34 Å². The lowest BCUT2D eigenvalue weighted by molar-refractivity contribution is 0.340. The minimum absolute atomic E-state index is 0.636. The highest BCUT2D eigenvalue weighted by Crippen LogP contribution is 2.32. The maximum atomic E-state index is 6.05. The zero-order chi connectivity index (χ0) is 19.3. The molecule has 4 aromatic rings. The Morgan fingerprint density at radius 1 is 1.11 bits per heavy atom. The van der Waals surface area contributed by atoms with Gasteiger partial charge < -0.3 is 4.74 Å². The fourth-order valence-corrected chi connectivity index (χ4v) is 4.78. The van der Waals surface area contributed by atoms with Gasteiger partial charge in [0.2, 0.25) is 0 Å². The van der Waals surface area contributed by atoms with Gasteiger partial charge in [-0.2, -0.15) is 0 Å². The smallest absolute Gasteiger partial charge is 0.196 e. The van der Waals surface area contributed by atoms with E-state index in [0.29, 0.717) is 6.61 Å². The molecule has 0 amide bonds. The highest BCUT2D eigenvalue weighted by atomic mass is 35.5. The third kappa shape index (κ3) is 4.22. The first kappa shape index (κ1) is 19.0. The average Bonchev–Trinajstić information content (AvgIpc) is 3.34. The van der Waals surface area contributed by atoms with E-state index in [2.05, 4.69) is 15.2 Å². The predicted octanol–water partition coefficient (Wildman–Crippen LogP) is 5.74. The number of benzene rings is 1. The van der Waals surface area contributed by atoms with E-state index >= 15 is 0 Å². The molecule has 0 bridgehead atoms. The number of aromatic nitrogens is 4. The molecule has 3 aromatic heterocycles. The summed E-state index contributed by atoms with van der Waals surface area (Å²) in [5, 5.41) is 9.69. The summed E-state index contributed by atoms with van der Waals surface area (Å²) < 4.78 is 8.40. The lowest BCUT2D eigenvalue weighted by Gasteiger charge is -2.11. The molecule has 142 valence electrons. The van der Waals surface area contributed by atoms with Gasteiger partial charge in [0.15, 0.2) is 11.0 Å². The van der Waals surface area contributed by atoms with Crippen LogP contribution < -0.4 is 4.74 Å². The van der Waals surface area contributed by atoms with Crippen molar-refractivity contribution in [2.75, 3.05) is 6.61 Å². The first-order valence-electron chi connectivity index (χ1n) is 8.70. The summed E-state index contributed by atoms with van der Waals surface area (Å²) in [6, 6.07) is 15.8. The Hall–Kier alpha value is -2.35. The van der Waals surface area contributed by atoms with Crippen LogP contribution in [-0.4, -0.2) is 26.4 Å². The Bertz CT molecular complexity index is 1050. The Labute approximate surface area is 176 Å². The topological polar surface area (TPSA) is 52.8 Å². The molecule has 1 aromatic carbocycles. The number of halogens is 1. The summed E-state index contributed by atoms with van der Waals surface area (Å²) in [7, 11) is 0. The normalized spacial score (nSPS) is 10.9. The van der Waals surface area contributed by atoms with Gasteiger partial charge in [-0.25, -0.2) is 0 Å². The summed E-state index contributed by atoms with van der Waals surface area (Å²) >= 11 is 9.26. The van der Waals surface area contributed by atoms with Gasteiger partial charge in [0, 0.05) is 34.3 Å². The first-order valence-corrected chi connectivity index (χ1v) is 10.9. The van der Waals surface area contributed by atoms with Crippen molar-refractivity contribution in [3.63, 3.8) is 0 Å². The van der Waals surface area contributed by atoms with Crippen molar-refractivity contribution >= 4 is 34.7 Å². The molecule has 0 atom stereocenters. The third-order valence-corrected chi connectivity index (χ3v) is 6.32. The lowest BCUT2D eigenvalue weighted by atomic mass is 10.2. The number of pyridine rings is 1. The van der Waals surface area contributed by atoms with E-state index in [-0.39, 0.29) is 0 Å². The van der Waals surface area contributed by atoms with Crippen molar-refractivity contribution in [3.8, 4) is 22.8 Å². The molecular formula is C20H17ClN4OS2. The molecule has 0 radical (unpaired) electrons. The molecule has 0 spiro atoms. The van der Waals surface area contributed by atoms with Crippen LogP contribution in [0.15, 0.2) is 66.1 Å². The lowest BCUT2D eigenvalue weighted by Crippen LogP contribution is -2.00. The van der Waals surface area contributed by atoms with Gasteiger partial charge in [-0.1, -0.05) is 23.4 Å². The van der Waals surface area contributed by atoms with Crippen molar-refractivity contribution in [1.29, 1.82) is 0 Å². The third-order valence-electron chi connectivity index (χ3n) is 3.93. The SMILES string of the molecule is CCOc1ccc(-n2c(SCc3ccc(Cl)s3)nnc2-c2cccnc2)cc1. The standard InChI is InChI=1S/C20H17ClN4OS2/c1-2-26-16-7-5-15(6-8-16)25-19(14-4-3-11-22-12-14)23-24-20(25)27-13-17-9-10-18(21)28-17/h3-12H,2,13H2,1H3. The van der Waals surface area contributed by atoms with E-state index in [1.54, 1.807) is 35.5 Å². The van der Waals surface area contributed by atoms with Crippen LogP contribution in [-0.2, 0) is 5.75 Å². The highest BCUT2D eigenvalue weighted by Gasteiger charge is 2.17. The van der Waals surface area contributed by atoms with Crippen LogP contribution in [0.4, 0.5) is 0 Å². The molecule has 3 heterocycles. The zero-order valence-electron chi connectivity index (χ0n) is 15.1. The number of hydrogen-bond acceptors (Lipinski definition) is 6. The summed E-state index contributed by atoms with van der Waals surface area (Å²) in [6.07, 6.45) is 3.54. The van der Waals surface area contributed by atoms with E-state index in [4.69, 9.17) is 16.3 Å². The second kappa shape index (κ2) is 8.77. The molecule has 0 fully saturated rings. The number of ether oxygens (including phenoxy) is 1. The molecule has 0 saturated heterocycles. The molecule has 8 heteroatoms. The van der Waals surface area contributed by atoms with Gasteiger partial charge >= 0.3 is 0 Å². The molecule has 0 aliphatic heterocycles. The first-order chi connectivity index (χ1) is 13.7. The monoisotopic (exact) mass is 428 g/mol.